The van der Waals surface area contributed by atoms with E-state index < -0.39 is 0 Å². The minimum atomic E-state index is 0.497. The molecule has 4 saturated carbocycles. The molecule has 4 rings (SSSR count). The molecule has 4 aliphatic rings. The second-order valence-electron chi connectivity index (χ2n) is 13.3. The highest BCUT2D eigenvalue weighted by Crippen LogP contribution is 2.67. The van der Waals surface area contributed by atoms with Gasteiger partial charge in [0.25, 0.3) is 0 Å². The van der Waals surface area contributed by atoms with Gasteiger partial charge < -0.3 is 0 Å². The molecule has 8 atom stereocenters. The van der Waals surface area contributed by atoms with Crippen LogP contribution in [0.15, 0.2) is 0 Å². The number of rotatable bonds is 3. The highest BCUT2D eigenvalue weighted by molar-refractivity contribution is 5.08. The molecule has 0 bridgehead atoms. The molecule has 0 aromatic heterocycles. The summed E-state index contributed by atoms with van der Waals surface area (Å²) in [6.07, 6.45) is 18.4. The number of hydrogen-bond donors (Lipinski definition) is 0. The van der Waals surface area contributed by atoms with Crippen molar-refractivity contribution in [2.45, 2.75) is 119 Å². The zero-order chi connectivity index (χ0) is 19.4. The van der Waals surface area contributed by atoms with E-state index in [1.54, 1.807) is 44.9 Å². The minimum absolute atomic E-state index is 0.497. The molecule has 0 radical (unpaired) electrons. The molecule has 0 heteroatoms. The lowest BCUT2D eigenvalue weighted by Crippen LogP contribution is -2.52. The molecule has 0 nitrogen and oxygen atoms in total. The fourth-order valence-corrected chi connectivity index (χ4v) is 8.91. The van der Waals surface area contributed by atoms with Crippen LogP contribution in [-0.2, 0) is 0 Å². The van der Waals surface area contributed by atoms with Gasteiger partial charge >= 0.3 is 0 Å². The molecule has 0 aliphatic heterocycles. The summed E-state index contributed by atoms with van der Waals surface area (Å²) in [7, 11) is 0. The van der Waals surface area contributed by atoms with Gasteiger partial charge in [0.1, 0.15) is 0 Å². The van der Waals surface area contributed by atoms with Crippen LogP contribution in [0, 0.1) is 51.8 Å². The van der Waals surface area contributed by atoms with Crippen LogP contribution in [0.25, 0.3) is 0 Å². The normalized spacial score (nSPS) is 48.4. The quantitative estimate of drug-likeness (QED) is 0.466. The van der Waals surface area contributed by atoms with Crippen LogP contribution in [0.4, 0.5) is 0 Å². The first kappa shape index (κ1) is 20.3. The molecule has 4 fully saturated rings. The van der Waals surface area contributed by atoms with Crippen LogP contribution in [-0.4, -0.2) is 0 Å². The maximum atomic E-state index is 2.76. The summed E-state index contributed by atoms with van der Waals surface area (Å²) in [5.74, 6) is 6.15. The molecule has 0 N–H and O–H groups in total. The summed E-state index contributed by atoms with van der Waals surface area (Å²) in [4.78, 5) is 0. The molecule has 0 amide bonds. The Bertz CT molecular complexity index is 527. The highest BCUT2D eigenvalue weighted by Gasteiger charge is 2.59. The van der Waals surface area contributed by atoms with E-state index in [0.29, 0.717) is 16.2 Å². The summed E-state index contributed by atoms with van der Waals surface area (Å²) in [5.41, 5.74) is 1.84. The van der Waals surface area contributed by atoms with Gasteiger partial charge in [-0.1, -0.05) is 54.4 Å². The molecule has 0 aromatic rings. The van der Waals surface area contributed by atoms with Crippen molar-refractivity contribution in [3.05, 3.63) is 0 Å². The van der Waals surface area contributed by atoms with E-state index in [1.165, 1.54) is 32.1 Å². The number of hydrogen-bond acceptors (Lipinski definition) is 0. The lowest BCUT2D eigenvalue weighted by molar-refractivity contribution is -0.110. The summed E-state index contributed by atoms with van der Waals surface area (Å²) >= 11 is 0. The van der Waals surface area contributed by atoms with E-state index >= 15 is 0 Å². The van der Waals surface area contributed by atoms with E-state index in [2.05, 4.69) is 41.5 Å². The van der Waals surface area contributed by atoms with Crippen molar-refractivity contribution in [2.75, 3.05) is 0 Å². The van der Waals surface area contributed by atoms with Gasteiger partial charge in [0.05, 0.1) is 0 Å². The van der Waals surface area contributed by atoms with Gasteiger partial charge in [-0.05, 0) is 116 Å². The first-order chi connectivity index (χ1) is 12.6. The Morgan fingerprint density at radius 2 is 1.63 bits per heavy atom. The zero-order valence-electron chi connectivity index (χ0n) is 19.4. The SMILES string of the molecule is C[C@H](CCC(C)(C)C)[C@H]1CC[C@@H]2C[C@@H]3CC[C@@H]4CCCC[C@]4(C)C3C[C@@]21C. The lowest BCUT2D eigenvalue weighted by atomic mass is 9.45. The topological polar surface area (TPSA) is 0 Å². The second-order valence-corrected chi connectivity index (χ2v) is 13.3. The maximum absolute atomic E-state index is 2.76. The monoisotopic (exact) mass is 372 g/mol. The van der Waals surface area contributed by atoms with Gasteiger partial charge in [0.15, 0.2) is 0 Å². The van der Waals surface area contributed by atoms with Crippen molar-refractivity contribution in [1.82, 2.24) is 0 Å². The van der Waals surface area contributed by atoms with Crippen molar-refractivity contribution >= 4 is 0 Å². The van der Waals surface area contributed by atoms with Gasteiger partial charge in [-0.2, -0.15) is 0 Å². The van der Waals surface area contributed by atoms with E-state index in [1.807, 2.05) is 0 Å². The van der Waals surface area contributed by atoms with E-state index in [-0.39, 0.29) is 0 Å². The smallest absolute Gasteiger partial charge is 0.0264 e. The van der Waals surface area contributed by atoms with Crippen LogP contribution in [0.5, 0.6) is 0 Å². The Balaban J connectivity index is 1.52. The van der Waals surface area contributed by atoms with Crippen molar-refractivity contribution < 1.29 is 0 Å². The van der Waals surface area contributed by atoms with Crippen molar-refractivity contribution in [2.24, 2.45) is 51.8 Å². The molecule has 156 valence electrons. The summed E-state index contributed by atoms with van der Waals surface area (Å²) in [5, 5.41) is 0. The fraction of sp³-hybridized carbons (Fsp3) is 1.00. The summed E-state index contributed by atoms with van der Waals surface area (Å²) in [6, 6.07) is 0. The van der Waals surface area contributed by atoms with Gasteiger partial charge in [-0.15, -0.1) is 0 Å². The van der Waals surface area contributed by atoms with Crippen LogP contribution >= 0.6 is 0 Å². The Kier molecular flexibility index (Phi) is 5.30. The molecule has 27 heavy (non-hydrogen) atoms. The second kappa shape index (κ2) is 7.05. The van der Waals surface area contributed by atoms with Gasteiger partial charge in [0.2, 0.25) is 0 Å². The molecule has 0 spiro atoms. The molecular weight excluding hydrogens is 324 g/mol. The third-order valence-corrected chi connectivity index (χ3v) is 10.6. The summed E-state index contributed by atoms with van der Waals surface area (Å²) < 4.78 is 0. The fourth-order valence-electron chi connectivity index (χ4n) is 8.91. The average Bonchev–Trinajstić information content (AvgIpc) is 2.93. The Morgan fingerprint density at radius 1 is 0.889 bits per heavy atom. The third kappa shape index (κ3) is 3.54. The first-order valence-electron chi connectivity index (χ1n) is 12.6. The van der Waals surface area contributed by atoms with Crippen LogP contribution < -0.4 is 0 Å². The largest absolute Gasteiger partial charge is 0.0622 e. The third-order valence-electron chi connectivity index (χ3n) is 10.6. The van der Waals surface area contributed by atoms with Gasteiger partial charge in [-0.25, -0.2) is 0 Å². The first-order valence-corrected chi connectivity index (χ1v) is 12.6. The van der Waals surface area contributed by atoms with Crippen LogP contribution in [0.1, 0.15) is 119 Å². The lowest BCUT2D eigenvalue weighted by Gasteiger charge is -2.60. The van der Waals surface area contributed by atoms with E-state index in [9.17, 15) is 0 Å². The van der Waals surface area contributed by atoms with Crippen molar-refractivity contribution in [1.29, 1.82) is 0 Å². The van der Waals surface area contributed by atoms with Crippen molar-refractivity contribution in [3.63, 3.8) is 0 Å². The molecular formula is C27H48. The Hall–Kier alpha value is 0. The molecule has 4 aliphatic carbocycles. The predicted octanol–water partition coefficient (Wildman–Crippen LogP) is 8.50. The average molecular weight is 373 g/mol. The van der Waals surface area contributed by atoms with Crippen molar-refractivity contribution in [3.8, 4) is 0 Å². The highest BCUT2D eigenvalue weighted by atomic mass is 14.6. The molecule has 0 saturated heterocycles. The molecule has 0 aromatic carbocycles. The maximum Gasteiger partial charge on any atom is -0.0264 e. The van der Waals surface area contributed by atoms with Crippen LogP contribution in [0.3, 0.4) is 0 Å². The Labute approximate surface area is 170 Å². The number of fused-ring (bicyclic) bond motifs is 4. The predicted molar refractivity (Wildman–Crippen MR) is 118 cm³/mol. The van der Waals surface area contributed by atoms with E-state index in [4.69, 9.17) is 0 Å². The van der Waals surface area contributed by atoms with Gasteiger partial charge in [-0.3, -0.25) is 0 Å². The molecule has 1 unspecified atom stereocenters. The van der Waals surface area contributed by atoms with E-state index in [0.717, 1.165) is 35.5 Å². The standard InChI is InChI=1S/C27H48/c1-19(14-16-25(2,3)4)23-13-12-22-17-20-10-11-21-9-7-8-15-26(21,5)24(20)18-27(22,23)6/h19-24H,7-18H2,1-6H3/t19-,20+,21+,22-,23-,24?,26+,27+/m1/s1. The minimum Gasteiger partial charge on any atom is -0.0622 e. The zero-order valence-corrected chi connectivity index (χ0v) is 19.4. The van der Waals surface area contributed by atoms with Crippen LogP contribution in [0.2, 0.25) is 0 Å². The Morgan fingerprint density at radius 3 is 2.37 bits per heavy atom. The molecule has 0 heterocycles. The van der Waals surface area contributed by atoms with Gasteiger partial charge in [0, 0.05) is 0 Å². The summed E-state index contributed by atoms with van der Waals surface area (Å²) in [6.45, 7) is 15.4.